The van der Waals surface area contributed by atoms with Gasteiger partial charge in [0.15, 0.2) is 17.7 Å². The van der Waals surface area contributed by atoms with Crippen LogP contribution in [0.2, 0.25) is 0 Å². The van der Waals surface area contributed by atoms with Gasteiger partial charge in [0.1, 0.15) is 30.2 Å². The summed E-state index contributed by atoms with van der Waals surface area (Å²) in [4.78, 5) is 29.8. The van der Waals surface area contributed by atoms with Crippen molar-refractivity contribution in [2.75, 3.05) is 12.3 Å². The number of imidazole rings is 1. The molecule has 0 aromatic carbocycles. The van der Waals surface area contributed by atoms with Crippen LogP contribution in [-0.2, 0) is 13.8 Å². The average molecular weight is 352 g/mol. The van der Waals surface area contributed by atoms with Crippen molar-refractivity contribution in [2.45, 2.75) is 24.5 Å². The normalized spacial score (nSPS) is 28.5. The fourth-order valence-corrected chi connectivity index (χ4v) is 2.97. The molecule has 12 nitrogen and oxygen atoms in total. The van der Waals surface area contributed by atoms with Crippen molar-refractivity contribution in [1.29, 1.82) is 0 Å². The first-order chi connectivity index (χ1) is 10.8. The maximum atomic E-state index is 11.1. The monoisotopic (exact) mass is 352 g/mol. The second-order valence-electron chi connectivity index (χ2n) is 4.88. The topological polar surface area (TPSA) is 186 Å². The zero-order chi connectivity index (χ0) is 16.8. The summed E-state index contributed by atoms with van der Waals surface area (Å²) in [5, 5.41) is 19.3. The van der Waals surface area contributed by atoms with Crippen molar-refractivity contribution in [1.82, 2.24) is 19.5 Å². The minimum Gasteiger partial charge on any atom is -0.394 e. The first-order valence-corrected chi connectivity index (χ1v) is 7.96. The maximum absolute atomic E-state index is 11.1. The highest BCUT2D eigenvalue weighted by molar-refractivity contribution is 7.46. The van der Waals surface area contributed by atoms with Gasteiger partial charge < -0.3 is 30.5 Å². The molecule has 1 aliphatic heterocycles. The number of phosphoric acid groups is 1. The quantitative estimate of drug-likeness (QED) is 0.307. The van der Waals surface area contributed by atoms with Gasteiger partial charge in [-0.25, -0.2) is 19.5 Å². The fourth-order valence-electron chi connectivity index (χ4n) is 2.42. The molecule has 126 valence electrons. The van der Waals surface area contributed by atoms with Gasteiger partial charge in [0, 0.05) is 0 Å². The molecule has 0 amide bonds. The lowest BCUT2D eigenvalue weighted by atomic mass is 10.5. The molecule has 2 aromatic heterocycles. The van der Waals surface area contributed by atoms with Crippen molar-refractivity contribution in [2.24, 2.45) is 0 Å². The van der Waals surface area contributed by atoms with E-state index in [2.05, 4.69) is 19.5 Å². The van der Waals surface area contributed by atoms with E-state index in [0.717, 1.165) is 0 Å². The molecule has 3 rings (SSSR count). The summed E-state index contributed by atoms with van der Waals surface area (Å²) >= 11 is 0. The Balaban J connectivity index is 2.04. The van der Waals surface area contributed by atoms with Gasteiger partial charge in [0.2, 0.25) is 0 Å². The number of rotatable bonds is 4. The van der Waals surface area contributed by atoms with Crippen molar-refractivity contribution < 1.29 is 33.8 Å². The lowest BCUT2D eigenvalue weighted by Gasteiger charge is -2.21. The molecule has 2 aromatic rings. The minimum absolute atomic E-state index is 0.110. The van der Waals surface area contributed by atoms with E-state index >= 15 is 0 Å². The standard InChI is InChI=1S/C10H14N5O7P/c11-8-5-9(13-2-12-8)15(3-14-5)10-7(22-23(18,19)20)6(17)4(1-16)21-10/h2-4,6-7,10,16-17H,1H2,(H2,11,12,13)(H2,18,19,20)/t4-,6?,7+,10-/m1/s1/i1+1,4+1,6+1,7+1,10+1. The molecule has 4 atom stereocenters. The summed E-state index contributed by atoms with van der Waals surface area (Å²) in [7, 11) is -4.91. The van der Waals surface area contributed by atoms with E-state index in [1.165, 1.54) is 17.2 Å². The smallest absolute Gasteiger partial charge is 0.394 e. The molecule has 0 saturated carbocycles. The third kappa shape index (κ3) is 2.93. The molecule has 13 heteroatoms. The summed E-state index contributed by atoms with van der Waals surface area (Å²) in [6.07, 6.45) is -2.72. The predicted octanol–water partition coefficient (Wildman–Crippen LogP) is -1.86. The first kappa shape index (κ1) is 16.2. The minimum atomic E-state index is -4.91. The van der Waals surface area contributed by atoms with Gasteiger partial charge in [-0.15, -0.1) is 0 Å². The van der Waals surface area contributed by atoms with E-state index in [1.807, 2.05) is 0 Å². The summed E-state index contributed by atoms with van der Waals surface area (Å²) < 4.78 is 22.5. The fraction of sp³-hybridized carbons (Fsp3) is 0.500. The number of phosphoric ester groups is 1. The SMILES string of the molecule is Nc1ncnc2c1ncn2[13C@@H]1O[13C@H]([13CH2]O)[13CH](O)[13C@@H]1OP(=O)(O)O. The van der Waals surface area contributed by atoms with Crippen LogP contribution in [0.15, 0.2) is 12.7 Å². The van der Waals surface area contributed by atoms with Gasteiger partial charge in [-0.3, -0.25) is 9.09 Å². The van der Waals surface area contributed by atoms with Crippen LogP contribution in [0.25, 0.3) is 11.2 Å². The molecule has 0 aliphatic carbocycles. The van der Waals surface area contributed by atoms with E-state index < -0.39 is 39.0 Å². The van der Waals surface area contributed by atoms with Crippen molar-refractivity contribution in [3.8, 4) is 0 Å². The average Bonchev–Trinajstić information content (AvgIpc) is 3.01. The highest BCUT2D eigenvalue weighted by Crippen LogP contribution is 2.45. The van der Waals surface area contributed by atoms with E-state index in [9.17, 15) is 14.8 Å². The van der Waals surface area contributed by atoms with Crippen molar-refractivity contribution in [3.63, 3.8) is 0 Å². The zero-order valence-electron chi connectivity index (χ0n) is 11.5. The Hall–Kier alpha value is -1.66. The molecular formula is C10H14N5O7P. The molecule has 23 heavy (non-hydrogen) atoms. The van der Waals surface area contributed by atoms with Crippen LogP contribution in [-0.4, -0.2) is 64.4 Å². The molecule has 0 spiro atoms. The molecule has 1 unspecified atom stereocenters. The third-order valence-corrected chi connectivity index (χ3v) is 3.93. The van der Waals surface area contributed by atoms with Gasteiger partial charge in [0.25, 0.3) is 0 Å². The van der Waals surface area contributed by atoms with Crippen LogP contribution >= 0.6 is 7.82 Å². The molecule has 1 aliphatic rings. The summed E-state index contributed by atoms with van der Waals surface area (Å²) in [6, 6.07) is 0. The van der Waals surface area contributed by atoms with Crippen LogP contribution in [0.5, 0.6) is 0 Å². The number of anilines is 1. The van der Waals surface area contributed by atoms with E-state index in [1.54, 1.807) is 0 Å². The Kier molecular flexibility index (Phi) is 4.06. The highest BCUT2D eigenvalue weighted by atomic mass is 31.2. The number of nitrogen functional groups attached to an aromatic ring is 1. The number of aliphatic hydroxyl groups excluding tert-OH is 2. The second kappa shape index (κ2) is 5.76. The largest absolute Gasteiger partial charge is 0.470 e. The number of fused-ring (bicyclic) bond motifs is 1. The van der Waals surface area contributed by atoms with Gasteiger partial charge in [0.05, 0.1) is 12.9 Å². The van der Waals surface area contributed by atoms with Gasteiger partial charge >= 0.3 is 7.82 Å². The van der Waals surface area contributed by atoms with Crippen LogP contribution in [0.4, 0.5) is 5.82 Å². The Morgan fingerprint density at radius 2 is 2.13 bits per heavy atom. The molecule has 0 radical (unpaired) electrons. The van der Waals surface area contributed by atoms with Gasteiger partial charge in [-0.05, 0) is 0 Å². The van der Waals surface area contributed by atoms with Crippen LogP contribution in [0.1, 0.15) is 6.23 Å². The molecular weight excluding hydrogens is 338 g/mol. The lowest BCUT2D eigenvalue weighted by Crippen LogP contribution is -2.34. The summed E-state index contributed by atoms with van der Waals surface area (Å²) in [5.74, 6) is 0.110. The number of ether oxygens (including phenoxy) is 1. The van der Waals surface area contributed by atoms with Crippen LogP contribution in [0.3, 0.4) is 0 Å². The van der Waals surface area contributed by atoms with E-state index in [-0.39, 0.29) is 17.0 Å². The Morgan fingerprint density at radius 1 is 1.39 bits per heavy atom. The second-order valence-corrected chi connectivity index (χ2v) is 6.07. The highest BCUT2D eigenvalue weighted by Gasteiger charge is 2.48. The van der Waals surface area contributed by atoms with E-state index in [0.29, 0.717) is 0 Å². The van der Waals surface area contributed by atoms with E-state index in [4.69, 9.17) is 20.3 Å². The number of hydrogen-bond donors (Lipinski definition) is 5. The van der Waals surface area contributed by atoms with Gasteiger partial charge in [-0.2, -0.15) is 0 Å². The molecule has 1 fully saturated rings. The Bertz CT molecular complexity index is 763. The van der Waals surface area contributed by atoms with Crippen LogP contribution in [0, 0.1) is 0 Å². The number of aromatic nitrogens is 4. The Labute approximate surface area is 128 Å². The number of aliphatic hydroxyl groups is 2. The number of hydrogen-bond acceptors (Lipinski definition) is 9. The summed E-state index contributed by atoms with van der Waals surface area (Å²) in [6.45, 7) is -0.567. The number of nitrogens with zero attached hydrogens (tertiary/aromatic N) is 4. The molecule has 3 heterocycles. The first-order valence-electron chi connectivity index (χ1n) is 6.43. The maximum Gasteiger partial charge on any atom is 0.470 e. The molecule has 1 saturated heterocycles. The summed E-state index contributed by atoms with van der Waals surface area (Å²) in [5.41, 5.74) is 6.16. The Morgan fingerprint density at radius 3 is 2.78 bits per heavy atom. The third-order valence-electron chi connectivity index (χ3n) is 3.41. The lowest BCUT2D eigenvalue weighted by molar-refractivity contribution is -0.0505. The van der Waals surface area contributed by atoms with Crippen LogP contribution < -0.4 is 5.73 Å². The van der Waals surface area contributed by atoms with Gasteiger partial charge in [-0.1, -0.05) is 0 Å². The number of nitrogens with two attached hydrogens (primary N) is 1. The molecule has 0 bridgehead atoms. The van der Waals surface area contributed by atoms with Crippen molar-refractivity contribution >= 4 is 24.8 Å². The predicted molar refractivity (Wildman–Crippen MR) is 73.7 cm³/mol. The van der Waals surface area contributed by atoms with Crippen molar-refractivity contribution in [3.05, 3.63) is 12.7 Å². The zero-order valence-corrected chi connectivity index (χ0v) is 12.4. The molecule has 6 N–H and O–H groups in total.